The van der Waals surface area contributed by atoms with E-state index in [0.717, 1.165) is 5.13 Å². The molecule has 1 fully saturated rings. The van der Waals surface area contributed by atoms with Crippen LogP contribution in [0.25, 0.3) is 0 Å². The molecule has 9 heteroatoms. The van der Waals surface area contributed by atoms with E-state index >= 15 is 0 Å². The van der Waals surface area contributed by atoms with Gasteiger partial charge in [0.2, 0.25) is 5.91 Å². The van der Waals surface area contributed by atoms with E-state index in [1.807, 2.05) is 18.7 Å². The SMILES string of the molecule is CC(C)Nc1nc(C(=O)N2CCN(CC(=O)Nc3ccccc3F)CC2)cs1. The van der Waals surface area contributed by atoms with E-state index in [-0.39, 0.29) is 30.1 Å². The van der Waals surface area contributed by atoms with Crippen molar-refractivity contribution in [3.63, 3.8) is 0 Å². The molecule has 0 unspecified atom stereocenters. The maximum Gasteiger partial charge on any atom is 0.273 e. The summed E-state index contributed by atoms with van der Waals surface area (Å²) in [5.41, 5.74) is 0.620. The van der Waals surface area contributed by atoms with Gasteiger partial charge in [-0.25, -0.2) is 9.37 Å². The van der Waals surface area contributed by atoms with Crippen molar-refractivity contribution < 1.29 is 14.0 Å². The van der Waals surface area contributed by atoms with Gasteiger partial charge in [-0.2, -0.15) is 0 Å². The number of amides is 2. The van der Waals surface area contributed by atoms with E-state index in [4.69, 9.17) is 0 Å². The van der Waals surface area contributed by atoms with Crippen LogP contribution in [0.5, 0.6) is 0 Å². The van der Waals surface area contributed by atoms with Crippen molar-refractivity contribution in [2.24, 2.45) is 0 Å². The van der Waals surface area contributed by atoms with Crippen LogP contribution in [0.1, 0.15) is 24.3 Å². The molecule has 2 N–H and O–H groups in total. The summed E-state index contributed by atoms with van der Waals surface area (Å²) in [6, 6.07) is 6.34. The molecule has 2 aromatic rings. The van der Waals surface area contributed by atoms with Crippen LogP contribution >= 0.6 is 11.3 Å². The van der Waals surface area contributed by atoms with Crippen LogP contribution in [0.3, 0.4) is 0 Å². The first-order valence-electron chi connectivity index (χ1n) is 9.20. The number of hydrogen-bond donors (Lipinski definition) is 2. The van der Waals surface area contributed by atoms with Crippen molar-refractivity contribution in [2.75, 3.05) is 43.4 Å². The minimum absolute atomic E-state index is 0.0940. The Kier molecular flexibility index (Phi) is 6.58. The average Bonchev–Trinajstić information content (AvgIpc) is 3.11. The molecule has 0 saturated carbocycles. The smallest absolute Gasteiger partial charge is 0.273 e. The maximum absolute atomic E-state index is 13.6. The van der Waals surface area contributed by atoms with Gasteiger partial charge >= 0.3 is 0 Å². The predicted octanol–water partition coefficient (Wildman–Crippen LogP) is 2.50. The molecule has 0 spiro atoms. The lowest BCUT2D eigenvalue weighted by Crippen LogP contribution is -2.50. The quantitative estimate of drug-likeness (QED) is 0.772. The summed E-state index contributed by atoms with van der Waals surface area (Å²) in [6.07, 6.45) is 0. The highest BCUT2D eigenvalue weighted by Crippen LogP contribution is 2.18. The Morgan fingerprint density at radius 1 is 1.21 bits per heavy atom. The molecule has 2 amide bonds. The van der Waals surface area contributed by atoms with Crippen molar-refractivity contribution >= 4 is 34.0 Å². The second kappa shape index (κ2) is 9.11. The molecule has 2 heterocycles. The summed E-state index contributed by atoms with van der Waals surface area (Å²) in [6.45, 7) is 6.41. The second-order valence-corrected chi connectivity index (χ2v) is 7.79. The summed E-state index contributed by atoms with van der Waals surface area (Å²) < 4.78 is 13.6. The Hall–Kier alpha value is -2.52. The van der Waals surface area contributed by atoms with Crippen molar-refractivity contribution in [2.45, 2.75) is 19.9 Å². The molecule has 1 saturated heterocycles. The molecule has 3 rings (SSSR count). The first-order valence-corrected chi connectivity index (χ1v) is 10.1. The number of rotatable bonds is 6. The number of anilines is 2. The van der Waals surface area contributed by atoms with Gasteiger partial charge < -0.3 is 15.5 Å². The Morgan fingerprint density at radius 3 is 2.61 bits per heavy atom. The zero-order valence-corrected chi connectivity index (χ0v) is 16.8. The fourth-order valence-corrected chi connectivity index (χ4v) is 3.74. The third kappa shape index (κ3) is 5.26. The topological polar surface area (TPSA) is 77.6 Å². The van der Waals surface area contributed by atoms with Crippen LogP contribution in [0.2, 0.25) is 0 Å². The average molecular weight is 405 g/mol. The Balaban J connectivity index is 1.47. The van der Waals surface area contributed by atoms with E-state index in [2.05, 4.69) is 15.6 Å². The number of aromatic nitrogens is 1. The predicted molar refractivity (Wildman–Crippen MR) is 108 cm³/mol. The van der Waals surface area contributed by atoms with Crippen molar-refractivity contribution in [3.8, 4) is 0 Å². The number of halogens is 1. The van der Waals surface area contributed by atoms with Gasteiger partial charge in [-0.3, -0.25) is 14.5 Å². The summed E-state index contributed by atoms with van der Waals surface area (Å²) in [7, 11) is 0. The number of nitrogens with zero attached hydrogens (tertiary/aromatic N) is 3. The first kappa shape index (κ1) is 20.2. The highest BCUT2D eigenvalue weighted by atomic mass is 32.1. The fraction of sp³-hybridized carbons (Fsp3) is 0.421. The monoisotopic (exact) mass is 405 g/mol. The third-order valence-electron chi connectivity index (χ3n) is 4.31. The Labute approximate surface area is 167 Å². The number of piperazine rings is 1. The molecule has 28 heavy (non-hydrogen) atoms. The number of carbonyl (C=O) groups excluding carboxylic acids is 2. The largest absolute Gasteiger partial charge is 0.359 e. The summed E-state index contributed by atoms with van der Waals surface area (Å²) >= 11 is 1.42. The molecular formula is C19H24FN5O2S. The van der Waals surface area contributed by atoms with Crippen LogP contribution < -0.4 is 10.6 Å². The lowest BCUT2D eigenvalue weighted by molar-refractivity contribution is -0.117. The zero-order chi connectivity index (χ0) is 20.1. The minimum Gasteiger partial charge on any atom is -0.359 e. The van der Waals surface area contributed by atoms with Gasteiger partial charge in [0.1, 0.15) is 11.5 Å². The van der Waals surface area contributed by atoms with Gasteiger partial charge in [-0.15, -0.1) is 11.3 Å². The van der Waals surface area contributed by atoms with Gasteiger partial charge in [-0.05, 0) is 26.0 Å². The van der Waals surface area contributed by atoms with Gasteiger partial charge in [0.15, 0.2) is 5.13 Å². The van der Waals surface area contributed by atoms with Crippen LogP contribution in [0, 0.1) is 5.82 Å². The standard InChI is InChI=1S/C19H24FN5O2S/c1-13(2)21-19-23-16(12-28-19)18(27)25-9-7-24(8-10-25)11-17(26)22-15-6-4-3-5-14(15)20/h3-6,12-13H,7-11H2,1-2H3,(H,21,23)(H,22,26). The van der Waals surface area contributed by atoms with E-state index in [1.54, 1.807) is 22.4 Å². The molecule has 1 aromatic carbocycles. The molecule has 0 aliphatic carbocycles. The molecule has 150 valence electrons. The van der Waals surface area contributed by atoms with E-state index in [1.165, 1.54) is 23.5 Å². The van der Waals surface area contributed by atoms with Crippen LogP contribution in [-0.4, -0.2) is 65.4 Å². The number of thiazole rings is 1. The van der Waals surface area contributed by atoms with Crippen LogP contribution in [-0.2, 0) is 4.79 Å². The molecule has 1 aromatic heterocycles. The normalized spacial score (nSPS) is 14.9. The highest BCUT2D eigenvalue weighted by Gasteiger charge is 2.25. The van der Waals surface area contributed by atoms with Gasteiger partial charge in [-0.1, -0.05) is 12.1 Å². The van der Waals surface area contributed by atoms with E-state index in [0.29, 0.717) is 31.9 Å². The Morgan fingerprint density at radius 2 is 1.93 bits per heavy atom. The van der Waals surface area contributed by atoms with Gasteiger partial charge in [0, 0.05) is 37.6 Å². The highest BCUT2D eigenvalue weighted by molar-refractivity contribution is 7.13. The first-order chi connectivity index (χ1) is 13.4. The lowest BCUT2D eigenvalue weighted by Gasteiger charge is -2.33. The van der Waals surface area contributed by atoms with E-state index < -0.39 is 5.82 Å². The minimum atomic E-state index is -0.458. The second-order valence-electron chi connectivity index (χ2n) is 6.93. The molecule has 7 nitrogen and oxygen atoms in total. The van der Waals surface area contributed by atoms with Crippen LogP contribution in [0.15, 0.2) is 29.6 Å². The molecular weight excluding hydrogens is 381 g/mol. The number of benzene rings is 1. The number of nitrogens with one attached hydrogen (secondary N) is 2. The summed E-state index contributed by atoms with van der Waals surface area (Å²) in [4.78, 5) is 32.8. The van der Waals surface area contributed by atoms with Crippen molar-refractivity contribution in [1.82, 2.24) is 14.8 Å². The summed E-state index contributed by atoms with van der Waals surface area (Å²) in [5, 5.41) is 8.28. The van der Waals surface area contributed by atoms with Crippen molar-refractivity contribution in [1.29, 1.82) is 0 Å². The molecule has 0 atom stereocenters. The van der Waals surface area contributed by atoms with Gasteiger partial charge in [0.25, 0.3) is 5.91 Å². The van der Waals surface area contributed by atoms with Gasteiger partial charge in [0.05, 0.1) is 12.2 Å². The number of para-hydroxylation sites is 1. The molecule has 0 radical (unpaired) electrons. The summed E-state index contributed by atoms with van der Waals surface area (Å²) in [5.74, 6) is -0.821. The molecule has 0 bridgehead atoms. The molecule has 1 aliphatic heterocycles. The third-order valence-corrected chi connectivity index (χ3v) is 5.08. The zero-order valence-electron chi connectivity index (χ0n) is 15.9. The maximum atomic E-state index is 13.6. The molecule has 1 aliphatic rings. The lowest BCUT2D eigenvalue weighted by atomic mass is 10.2. The van der Waals surface area contributed by atoms with E-state index in [9.17, 15) is 14.0 Å². The van der Waals surface area contributed by atoms with Crippen molar-refractivity contribution in [3.05, 3.63) is 41.2 Å². The fourth-order valence-electron chi connectivity index (χ4n) is 2.91. The number of hydrogen-bond acceptors (Lipinski definition) is 6. The number of carbonyl (C=O) groups is 2. The Bertz CT molecular complexity index is 833. The van der Waals surface area contributed by atoms with Crippen LogP contribution in [0.4, 0.5) is 15.2 Å².